The van der Waals surface area contributed by atoms with Gasteiger partial charge in [0, 0.05) is 30.1 Å². The maximum Gasteiger partial charge on any atom is 0.174 e. The first-order chi connectivity index (χ1) is 10.2. The zero-order valence-electron chi connectivity index (χ0n) is 11.8. The highest BCUT2D eigenvalue weighted by Gasteiger charge is 2.32. The van der Waals surface area contributed by atoms with Gasteiger partial charge in [0.2, 0.25) is 0 Å². The van der Waals surface area contributed by atoms with E-state index in [4.69, 9.17) is 16.3 Å². The molecule has 112 valence electrons. The molecule has 3 rings (SSSR count). The lowest BCUT2D eigenvalue weighted by atomic mass is 10.0. The van der Waals surface area contributed by atoms with E-state index < -0.39 is 6.29 Å². The van der Waals surface area contributed by atoms with Crippen molar-refractivity contribution in [3.63, 3.8) is 0 Å². The summed E-state index contributed by atoms with van der Waals surface area (Å²) in [5, 5.41) is 13.1. The predicted molar refractivity (Wildman–Crippen MR) is 85.6 cm³/mol. The molecule has 21 heavy (non-hydrogen) atoms. The Labute approximate surface area is 133 Å². The van der Waals surface area contributed by atoms with Crippen molar-refractivity contribution in [3.05, 3.63) is 56.7 Å². The molecule has 0 bridgehead atoms. The van der Waals surface area contributed by atoms with Crippen molar-refractivity contribution in [1.29, 1.82) is 0 Å². The molecule has 1 aromatic heterocycles. The first kappa shape index (κ1) is 15.0. The average molecular weight is 324 g/mol. The van der Waals surface area contributed by atoms with Gasteiger partial charge in [-0.1, -0.05) is 29.8 Å². The van der Waals surface area contributed by atoms with Crippen LogP contribution in [0.15, 0.2) is 35.7 Å². The lowest BCUT2D eigenvalue weighted by Gasteiger charge is -2.37. The van der Waals surface area contributed by atoms with Gasteiger partial charge in [-0.25, -0.2) is 0 Å². The third-order valence-corrected chi connectivity index (χ3v) is 5.33. The number of benzene rings is 1. The van der Waals surface area contributed by atoms with Gasteiger partial charge in [0.05, 0.1) is 6.04 Å². The van der Waals surface area contributed by atoms with Crippen molar-refractivity contribution < 1.29 is 9.84 Å². The number of hydrogen-bond acceptors (Lipinski definition) is 4. The minimum atomic E-state index is -0.898. The largest absolute Gasteiger partial charge is 0.366 e. The number of methoxy groups -OCH3 is 1. The van der Waals surface area contributed by atoms with Gasteiger partial charge in [0.1, 0.15) is 0 Å². The molecule has 0 spiro atoms. The number of fused-ring (bicyclic) bond motifs is 1. The summed E-state index contributed by atoms with van der Waals surface area (Å²) in [6.07, 6.45) is 0.106. The molecule has 0 fully saturated rings. The van der Waals surface area contributed by atoms with Crippen LogP contribution in [0.25, 0.3) is 0 Å². The van der Waals surface area contributed by atoms with Gasteiger partial charge in [0.15, 0.2) is 6.29 Å². The summed E-state index contributed by atoms with van der Waals surface area (Å²) >= 11 is 8.13. The molecule has 2 heterocycles. The molecule has 1 aliphatic rings. The summed E-state index contributed by atoms with van der Waals surface area (Å²) in [4.78, 5) is 3.68. The van der Waals surface area contributed by atoms with Gasteiger partial charge in [0.25, 0.3) is 0 Å². The molecule has 0 aliphatic carbocycles. The van der Waals surface area contributed by atoms with Crippen molar-refractivity contribution >= 4 is 22.9 Å². The molecule has 0 saturated heterocycles. The van der Waals surface area contributed by atoms with E-state index in [-0.39, 0.29) is 6.04 Å². The van der Waals surface area contributed by atoms with Crippen LogP contribution in [-0.4, -0.2) is 30.0 Å². The summed E-state index contributed by atoms with van der Waals surface area (Å²) in [6.45, 7) is 1.71. The second kappa shape index (κ2) is 6.46. The lowest BCUT2D eigenvalue weighted by molar-refractivity contribution is -0.129. The molecule has 3 nitrogen and oxygen atoms in total. The second-order valence-corrected chi connectivity index (χ2v) is 6.59. The Morgan fingerprint density at radius 1 is 1.33 bits per heavy atom. The third-order valence-electron chi connectivity index (χ3n) is 3.97. The van der Waals surface area contributed by atoms with E-state index in [1.807, 2.05) is 24.3 Å². The Kier molecular flexibility index (Phi) is 4.62. The number of thiophene rings is 1. The molecule has 1 aliphatic heterocycles. The van der Waals surface area contributed by atoms with E-state index >= 15 is 0 Å². The summed E-state index contributed by atoms with van der Waals surface area (Å²) in [6, 6.07) is 9.56. The van der Waals surface area contributed by atoms with Crippen molar-refractivity contribution in [1.82, 2.24) is 4.90 Å². The van der Waals surface area contributed by atoms with Crippen LogP contribution in [0.4, 0.5) is 0 Å². The van der Waals surface area contributed by atoms with Crippen molar-refractivity contribution in [2.75, 3.05) is 13.7 Å². The SMILES string of the molecule is COC(O)[C@H](c1ccccc1Cl)N1CCc2sccc2C1. The lowest BCUT2D eigenvalue weighted by Crippen LogP contribution is -2.40. The molecule has 0 saturated carbocycles. The number of aliphatic hydroxyl groups is 1. The fraction of sp³-hybridized carbons (Fsp3) is 0.375. The molecule has 1 N–H and O–H groups in total. The topological polar surface area (TPSA) is 32.7 Å². The van der Waals surface area contributed by atoms with Gasteiger partial charge in [-0.2, -0.15) is 0 Å². The molecule has 2 aromatic rings. The second-order valence-electron chi connectivity index (χ2n) is 5.18. The van der Waals surface area contributed by atoms with Gasteiger partial charge in [-0.3, -0.25) is 4.90 Å². The number of ether oxygens (including phenoxy) is 1. The van der Waals surface area contributed by atoms with E-state index in [0.29, 0.717) is 5.02 Å². The Hall–Kier alpha value is -0.910. The number of hydrogen-bond donors (Lipinski definition) is 1. The molecule has 2 atom stereocenters. The quantitative estimate of drug-likeness (QED) is 0.875. The molecular weight excluding hydrogens is 306 g/mol. The normalized spacial score (nSPS) is 18.2. The molecule has 0 amide bonds. The average Bonchev–Trinajstić information content (AvgIpc) is 2.97. The van der Waals surface area contributed by atoms with Crippen LogP contribution in [0.1, 0.15) is 22.0 Å². The van der Waals surface area contributed by atoms with Crippen molar-refractivity contribution in [3.8, 4) is 0 Å². The van der Waals surface area contributed by atoms with Crippen LogP contribution in [0.5, 0.6) is 0 Å². The van der Waals surface area contributed by atoms with E-state index in [9.17, 15) is 5.11 Å². The van der Waals surface area contributed by atoms with Crippen LogP contribution < -0.4 is 0 Å². The summed E-state index contributed by atoms with van der Waals surface area (Å²) < 4.78 is 5.20. The predicted octanol–water partition coefficient (Wildman–Crippen LogP) is 3.47. The maximum absolute atomic E-state index is 10.3. The summed E-state index contributed by atoms with van der Waals surface area (Å²) in [5.41, 5.74) is 2.25. The smallest absolute Gasteiger partial charge is 0.174 e. The molecule has 1 unspecified atom stereocenters. The number of aliphatic hydroxyl groups excluding tert-OH is 1. The van der Waals surface area contributed by atoms with E-state index in [1.54, 1.807) is 11.3 Å². The van der Waals surface area contributed by atoms with Crippen molar-refractivity contribution in [2.45, 2.75) is 25.3 Å². The highest BCUT2D eigenvalue weighted by Crippen LogP contribution is 2.35. The zero-order chi connectivity index (χ0) is 14.8. The highest BCUT2D eigenvalue weighted by atomic mass is 35.5. The maximum atomic E-state index is 10.3. The van der Waals surface area contributed by atoms with Gasteiger partial charge >= 0.3 is 0 Å². The Bertz CT molecular complexity index is 616. The fourth-order valence-electron chi connectivity index (χ4n) is 2.88. The fourth-order valence-corrected chi connectivity index (χ4v) is 4.02. The minimum Gasteiger partial charge on any atom is -0.366 e. The van der Waals surface area contributed by atoms with E-state index in [0.717, 1.165) is 25.1 Å². The monoisotopic (exact) mass is 323 g/mol. The van der Waals surface area contributed by atoms with Gasteiger partial charge in [-0.05, 0) is 35.1 Å². The van der Waals surface area contributed by atoms with E-state index in [1.165, 1.54) is 17.6 Å². The Morgan fingerprint density at radius 3 is 2.90 bits per heavy atom. The number of rotatable bonds is 4. The van der Waals surface area contributed by atoms with Crippen LogP contribution in [-0.2, 0) is 17.7 Å². The van der Waals surface area contributed by atoms with Crippen LogP contribution in [0, 0.1) is 0 Å². The van der Waals surface area contributed by atoms with Gasteiger partial charge < -0.3 is 9.84 Å². The summed E-state index contributed by atoms with van der Waals surface area (Å²) in [7, 11) is 1.52. The van der Waals surface area contributed by atoms with Crippen LogP contribution >= 0.6 is 22.9 Å². The van der Waals surface area contributed by atoms with Gasteiger partial charge in [-0.15, -0.1) is 11.3 Å². The van der Waals surface area contributed by atoms with E-state index in [2.05, 4.69) is 16.3 Å². The summed E-state index contributed by atoms with van der Waals surface area (Å²) in [5.74, 6) is 0. The number of nitrogens with zero attached hydrogens (tertiary/aromatic N) is 1. The minimum absolute atomic E-state index is 0.253. The van der Waals surface area contributed by atoms with Crippen LogP contribution in [0.2, 0.25) is 5.02 Å². The highest BCUT2D eigenvalue weighted by molar-refractivity contribution is 7.10. The number of halogens is 1. The Balaban J connectivity index is 1.92. The molecule has 0 radical (unpaired) electrons. The molecule has 5 heteroatoms. The first-order valence-corrected chi connectivity index (χ1v) is 8.21. The zero-order valence-corrected chi connectivity index (χ0v) is 13.4. The standard InChI is InChI=1S/C16H18ClNO2S/c1-20-16(19)15(12-4-2-3-5-13(12)17)18-8-6-14-11(10-18)7-9-21-14/h2-5,7,9,15-16,19H,6,8,10H2,1H3/t15-,16?/m0/s1. The molecular formula is C16H18ClNO2S. The third kappa shape index (κ3) is 3.00. The first-order valence-electron chi connectivity index (χ1n) is 6.95. The molecule has 1 aromatic carbocycles. The van der Waals surface area contributed by atoms with Crippen molar-refractivity contribution in [2.24, 2.45) is 0 Å². The Morgan fingerprint density at radius 2 is 2.14 bits per heavy atom. The van der Waals surface area contributed by atoms with Crippen LogP contribution in [0.3, 0.4) is 0 Å².